The number of thiophene rings is 1. The minimum absolute atomic E-state index is 0.0858. The van der Waals surface area contributed by atoms with Gasteiger partial charge in [0.2, 0.25) is 10.0 Å². The van der Waals surface area contributed by atoms with Crippen LogP contribution in [-0.2, 0) is 10.0 Å². The fourth-order valence-corrected chi connectivity index (χ4v) is 5.90. The molecule has 9 heteroatoms. The highest BCUT2D eigenvalue weighted by molar-refractivity contribution is 7.89. The maximum absolute atomic E-state index is 12.8. The van der Waals surface area contributed by atoms with Crippen LogP contribution in [0.5, 0.6) is 5.75 Å². The summed E-state index contributed by atoms with van der Waals surface area (Å²) in [7, 11) is -3.64. The third-order valence-electron chi connectivity index (χ3n) is 4.22. The van der Waals surface area contributed by atoms with Gasteiger partial charge in [0.15, 0.2) is 0 Å². The molecule has 0 bridgehead atoms. The molecule has 6 nitrogen and oxygen atoms in total. The van der Waals surface area contributed by atoms with E-state index in [4.69, 9.17) is 16.3 Å². The van der Waals surface area contributed by atoms with Crippen molar-refractivity contribution < 1.29 is 17.9 Å². The number of nitrogens with zero attached hydrogens (tertiary/aromatic N) is 1. The molecule has 0 radical (unpaired) electrons. The van der Waals surface area contributed by atoms with Crippen molar-refractivity contribution in [3.8, 4) is 5.75 Å². The standard InChI is InChI=1S/C18H21ClN2O4S2/c19-14-5-4-6-15(13-14)25-11-8-20-18(22)17-16(7-12-26-17)27(23,24)21-9-2-1-3-10-21/h4-7,12-13H,1-3,8-11H2,(H,20,22). The first-order valence-corrected chi connectivity index (χ1v) is 11.4. The molecule has 1 saturated heterocycles. The molecule has 1 aliphatic heterocycles. The SMILES string of the molecule is O=C(NCCOc1cccc(Cl)c1)c1sccc1S(=O)(=O)N1CCCCC1. The smallest absolute Gasteiger partial charge is 0.262 e. The predicted octanol–water partition coefficient (Wildman–Crippen LogP) is 3.38. The molecule has 146 valence electrons. The molecule has 1 aromatic carbocycles. The van der Waals surface area contributed by atoms with E-state index in [1.54, 1.807) is 29.6 Å². The summed E-state index contributed by atoms with van der Waals surface area (Å²) < 4.78 is 32.7. The minimum Gasteiger partial charge on any atom is -0.492 e. The second kappa shape index (κ2) is 9.05. The average molecular weight is 429 g/mol. The number of nitrogens with one attached hydrogen (secondary N) is 1. The number of carbonyl (C=O) groups excluding carboxylic acids is 1. The number of rotatable bonds is 7. The van der Waals surface area contributed by atoms with E-state index in [1.165, 1.54) is 10.4 Å². The second-order valence-corrected chi connectivity index (χ2v) is 9.40. The molecule has 0 atom stereocenters. The lowest BCUT2D eigenvalue weighted by Gasteiger charge is -2.25. The van der Waals surface area contributed by atoms with Crippen LogP contribution in [0.4, 0.5) is 0 Å². The van der Waals surface area contributed by atoms with Crippen LogP contribution in [0.15, 0.2) is 40.6 Å². The molecule has 1 aromatic heterocycles. The number of ether oxygens (including phenoxy) is 1. The number of benzene rings is 1. The molecule has 1 fully saturated rings. The second-order valence-electron chi connectivity index (χ2n) is 6.14. The van der Waals surface area contributed by atoms with E-state index < -0.39 is 15.9 Å². The maximum atomic E-state index is 12.8. The number of sulfonamides is 1. The summed E-state index contributed by atoms with van der Waals surface area (Å²) in [6, 6.07) is 8.49. The van der Waals surface area contributed by atoms with Crippen molar-refractivity contribution in [2.24, 2.45) is 0 Å². The van der Waals surface area contributed by atoms with Crippen LogP contribution in [0.1, 0.15) is 28.9 Å². The Kier molecular flexibility index (Phi) is 6.75. The van der Waals surface area contributed by atoms with E-state index in [-0.39, 0.29) is 22.9 Å². The molecule has 2 aromatic rings. The zero-order valence-electron chi connectivity index (χ0n) is 14.7. The van der Waals surface area contributed by atoms with Gasteiger partial charge >= 0.3 is 0 Å². The van der Waals surface area contributed by atoms with Crippen molar-refractivity contribution in [2.45, 2.75) is 24.2 Å². The quantitative estimate of drug-likeness (QED) is 0.686. The fraction of sp³-hybridized carbons (Fsp3) is 0.389. The van der Waals surface area contributed by atoms with Crippen LogP contribution >= 0.6 is 22.9 Å². The molecule has 1 aliphatic rings. The van der Waals surface area contributed by atoms with Crippen molar-refractivity contribution in [2.75, 3.05) is 26.2 Å². The number of carbonyl (C=O) groups is 1. The van der Waals surface area contributed by atoms with Gasteiger partial charge in [0, 0.05) is 18.1 Å². The molecule has 2 heterocycles. The summed E-state index contributed by atoms with van der Waals surface area (Å²) in [5.74, 6) is 0.205. The monoisotopic (exact) mass is 428 g/mol. The van der Waals surface area contributed by atoms with Gasteiger partial charge in [-0.05, 0) is 42.5 Å². The Morgan fingerprint density at radius 3 is 2.74 bits per heavy atom. The topological polar surface area (TPSA) is 75.7 Å². The van der Waals surface area contributed by atoms with Gasteiger partial charge in [0.1, 0.15) is 22.1 Å². The maximum Gasteiger partial charge on any atom is 0.262 e. The number of hydrogen-bond acceptors (Lipinski definition) is 5. The van der Waals surface area contributed by atoms with Crippen LogP contribution < -0.4 is 10.1 Å². The molecule has 3 rings (SSSR count). The van der Waals surface area contributed by atoms with E-state index >= 15 is 0 Å². The lowest BCUT2D eigenvalue weighted by atomic mass is 10.2. The first-order valence-electron chi connectivity index (χ1n) is 8.73. The Morgan fingerprint density at radius 2 is 2.00 bits per heavy atom. The summed E-state index contributed by atoms with van der Waals surface area (Å²) in [6.45, 7) is 1.53. The van der Waals surface area contributed by atoms with E-state index in [1.807, 2.05) is 0 Å². The highest BCUT2D eigenvalue weighted by Crippen LogP contribution is 2.27. The number of halogens is 1. The Hall–Kier alpha value is -1.61. The Bertz CT molecular complexity index is 892. The van der Waals surface area contributed by atoms with Gasteiger partial charge in [-0.25, -0.2) is 8.42 Å². The number of hydrogen-bond donors (Lipinski definition) is 1. The van der Waals surface area contributed by atoms with Crippen LogP contribution in [0, 0.1) is 0 Å². The van der Waals surface area contributed by atoms with Crippen molar-refractivity contribution >= 4 is 38.9 Å². The third-order valence-corrected chi connectivity index (χ3v) is 7.44. The van der Waals surface area contributed by atoms with E-state index in [0.29, 0.717) is 23.9 Å². The molecule has 0 spiro atoms. The summed E-state index contributed by atoms with van der Waals surface area (Å²) >= 11 is 7.02. The van der Waals surface area contributed by atoms with E-state index in [2.05, 4.69) is 5.32 Å². The van der Waals surface area contributed by atoms with E-state index in [9.17, 15) is 13.2 Å². The van der Waals surface area contributed by atoms with Crippen molar-refractivity contribution in [1.82, 2.24) is 9.62 Å². The summed E-state index contributed by atoms with van der Waals surface area (Å²) in [6.07, 6.45) is 2.74. The van der Waals surface area contributed by atoms with Gasteiger partial charge in [-0.1, -0.05) is 24.1 Å². The average Bonchev–Trinajstić information content (AvgIpc) is 3.17. The lowest BCUT2D eigenvalue weighted by molar-refractivity contribution is 0.0948. The van der Waals surface area contributed by atoms with Crippen LogP contribution in [-0.4, -0.2) is 44.9 Å². The largest absolute Gasteiger partial charge is 0.492 e. The normalized spacial score (nSPS) is 15.4. The first kappa shape index (κ1) is 20.1. The molecular formula is C18H21ClN2O4S2. The molecule has 0 saturated carbocycles. The predicted molar refractivity (Wildman–Crippen MR) is 106 cm³/mol. The van der Waals surface area contributed by atoms with E-state index in [0.717, 1.165) is 30.6 Å². The van der Waals surface area contributed by atoms with Gasteiger partial charge in [0.25, 0.3) is 5.91 Å². The molecule has 27 heavy (non-hydrogen) atoms. The molecule has 1 N–H and O–H groups in total. The van der Waals surface area contributed by atoms with Gasteiger partial charge in [-0.15, -0.1) is 11.3 Å². The summed E-state index contributed by atoms with van der Waals surface area (Å²) in [5.41, 5.74) is 0. The lowest BCUT2D eigenvalue weighted by Crippen LogP contribution is -2.36. The Morgan fingerprint density at radius 1 is 1.22 bits per heavy atom. The minimum atomic E-state index is -3.64. The highest BCUT2D eigenvalue weighted by atomic mass is 35.5. The van der Waals surface area contributed by atoms with Crippen molar-refractivity contribution in [1.29, 1.82) is 0 Å². The van der Waals surface area contributed by atoms with Gasteiger partial charge < -0.3 is 10.1 Å². The molecule has 0 aliphatic carbocycles. The molecule has 0 unspecified atom stereocenters. The van der Waals surface area contributed by atoms with Gasteiger partial charge in [-0.3, -0.25) is 4.79 Å². The Labute approximate surface area is 168 Å². The van der Waals surface area contributed by atoms with Crippen molar-refractivity contribution in [3.05, 3.63) is 45.6 Å². The van der Waals surface area contributed by atoms with Crippen molar-refractivity contribution in [3.63, 3.8) is 0 Å². The zero-order valence-corrected chi connectivity index (χ0v) is 17.1. The highest BCUT2D eigenvalue weighted by Gasteiger charge is 2.30. The van der Waals surface area contributed by atoms with Crippen LogP contribution in [0.25, 0.3) is 0 Å². The van der Waals surface area contributed by atoms with Gasteiger partial charge in [-0.2, -0.15) is 4.31 Å². The number of amides is 1. The Balaban J connectivity index is 1.58. The van der Waals surface area contributed by atoms with Gasteiger partial charge in [0.05, 0.1) is 6.54 Å². The third kappa shape index (κ3) is 5.01. The molecular weight excluding hydrogens is 408 g/mol. The van der Waals surface area contributed by atoms with Crippen LogP contribution in [0.3, 0.4) is 0 Å². The summed E-state index contributed by atoms with van der Waals surface area (Å²) in [5, 5.41) is 4.92. The van der Waals surface area contributed by atoms with Crippen LogP contribution in [0.2, 0.25) is 5.02 Å². The fourth-order valence-electron chi connectivity index (χ4n) is 2.88. The first-order chi connectivity index (χ1) is 13.0. The molecule has 1 amide bonds. The zero-order chi connectivity index (χ0) is 19.3. The summed E-state index contributed by atoms with van der Waals surface area (Å²) in [4.78, 5) is 12.8. The number of piperidine rings is 1.